The van der Waals surface area contributed by atoms with Gasteiger partial charge < -0.3 is 9.09 Å². The zero-order chi connectivity index (χ0) is 13.9. The molecule has 0 bridgehead atoms. The van der Waals surface area contributed by atoms with Crippen LogP contribution in [0.5, 0.6) is 0 Å². The van der Waals surface area contributed by atoms with Gasteiger partial charge in [-0.15, -0.1) is 0 Å². The Balaban J connectivity index is 1.62. The average molecular weight is 275 g/mol. The first-order valence-corrected chi connectivity index (χ1v) is 7.27. The van der Waals surface area contributed by atoms with E-state index < -0.39 is 0 Å². The van der Waals surface area contributed by atoms with Crippen molar-refractivity contribution < 1.29 is 4.52 Å². The average Bonchev–Trinajstić information content (AvgIpc) is 2.97. The lowest BCUT2D eigenvalue weighted by atomic mass is 9.85. The summed E-state index contributed by atoms with van der Waals surface area (Å²) in [5.41, 5.74) is 0. The first kappa shape index (κ1) is 13.3. The van der Waals surface area contributed by atoms with Crippen molar-refractivity contribution >= 4 is 0 Å². The molecule has 0 spiro atoms. The largest absolute Gasteiger partial charge is 0.339 e. The standard InChI is InChI=1S/C14H21N5O/c1-3-19(10-13-15-7-8-18(13)2)9-12-16-14(20-17-12)11-5-4-6-11/h7-8,11H,3-6,9-10H2,1-2H3. The highest BCUT2D eigenvalue weighted by Gasteiger charge is 2.25. The van der Waals surface area contributed by atoms with Crippen LogP contribution in [0.1, 0.15) is 49.6 Å². The molecule has 0 aromatic carbocycles. The van der Waals surface area contributed by atoms with Crippen LogP contribution < -0.4 is 0 Å². The minimum absolute atomic E-state index is 0.501. The number of aryl methyl sites for hydroxylation is 1. The third kappa shape index (κ3) is 2.75. The number of nitrogens with zero attached hydrogens (tertiary/aromatic N) is 5. The molecule has 2 heterocycles. The molecule has 6 heteroatoms. The first-order valence-electron chi connectivity index (χ1n) is 7.27. The molecule has 1 fully saturated rings. The van der Waals surface area contributed by atoms with Gasteiger partial charge in [-0.25, -0.2) is 4.98 Å². The van der Waals surface area contributed by atoms with Gasteiger partial charge in [-0.2, -0.15) is 4.98 Å². The second kappa shape index (κ2) is 5.75. The van der Waals surface area contributed by atoms with Crippen LogP contribution in [0.3, 0.4) is 0 Å². The molecule has 0 radical (unpaired) electrons. The number of imidazole rings is 1. The van der Waals surface area contributed by atoms with E-state index in [9.17, 15) is 0 Å². The summed E-state index contributed by atoms with van der Waals surface area (Å²) in [4.78, 5) is 11.1. The SMILES string of the molecule is CCN(Cc1noc(C2CCC2)n1)Cc1nccn1C. The van der Waals surface area contributed by atoms with Gasteiger partial charge in [0.2, 0.25) is 5.89 Å². The molecule has 0 aliphatic heterocycles. The maximum atomic E-state index is 5.36. The number of rotatable bonds is 6. The molecule has 3 rings (SSSR count). The summed E-state index contributed by atoms with van der Waals surface area (Å²) in [6, 6.07) is 0. The molecule has 0 atom stereocenters. The lowest BCUT2D eigenvalue weighted by Gasteiger charge is -2.20. The fourth-order valence-corrected chi connectivity index (χ4v) is 2.38. The van der Waals surface area contributed by atoms with Crippen molar-refractivity contribution in [2.45, 2.75) is 45.2 Å². The summed E-state index contributed by atoms with van der Waals surface area (Å²) in [5.74, 6) is 3.15. The monoisotopic (exact) mass is 275 g/mol. The predicted octanol–water partition coefficient (Wildman–Crippen LogP) is 2.09. The van der Waals surface area contributed by atoms with Gasteiger partial charge >= 0.3 is 0 Å². The Bertz CT molecular complexity index is 557. The van der Waals surface area contributed by atoms with Crippen molar-refractivity contribution in [2.75, 3.05) is 6.54 Å². The number of aromatic nitrogens is 4. The van der Waals surface area contributed by atoms with E-state index >= 15 is 0 Å². The maximum absolute atomic E-state index is 5.36. The molecular weight excluding hydrogens is 254 g/mol. The van der Waals surface area contributed by atoms with Crippen molar-refractivity contribution in [2.24, 2.45) is 7.05 Å². The summed E-state index contributed by atoms with van der Waals surface area (Å²) in [6.45, 7) is 4.57. The summed E-state index contributed by atoms with van der Waals surface area (Å²) >= 11 is 0. The van der Waals surface area contributed by atoms with Gasteiger partial charge in [0.1, 0.15) is 5.82 Å². The van der Waals surface area contributed by atoms with Gasteiger partial charge in [0.25, 0.3) is 0 Å². The second-order valence-corrected chi connectivity index (χ2v) is 5.43. The van der Waals surface area contributed by atoms with Crippen LogP contribution in [-0.2, 0) is 20.1 Å². The number of hydrogen-bond donors (Lipinski definition) is 0. The number of hydrogen-bond acceptors (Lipinski definition) is 5. The highest BCUT2D eigenvalue weighted by Crippen LogP contribution is 2.35. The van der Waals surface area contributed by atoms with Gasteiger partial charge in [-0.05, 0) is 19.4 Å². The zero-order valence-electron chi connectivity index (χ0n) is 12.1. The van der Waals surface area contributed by atoms with E-state index in [4.69, 9.17) is 4.52 Å². The van der Waals surface area contributed by atoms with Crippen LogP contribution in [-0.4, -0.2) is 31.1 Å². The molecule has 0 saturated heterocycles. The molecule has 6 nitrogen and oxygen atoms in total. The molecule has 2 aromatic heterocycles. The first-order chi connectivity index (χ1) is 9.76. The van der Waals surface area contributed by atoms with Gasteiger partial charge in [0, 0.05) is 25.4 Å². The lowest BCUT2D eigenvalue weighted by Crippen LogP contribution is -2.24. The lowest BCUT2D eigenvalue weighted by molar-refractivity contribution is 0.248. The smallest absolute Gasteiger partial charge is 0.229 e. The Morgan fingerprint density at radius 1 is 1.40 bits per heavy atom. The topological polar surface area (TPSA) is 60.0 Å². The summed E-state index contributed by atoms with van der Waals surface area (Å²) in [6.07, 6.45) is 7.44. The van der Waals surface area contributed by atoms with E-state index in [1.54, 1.807) is 0 Å². The van der Waals surface area contributed by atoms with Crippen LogP contribution in [0, 0.1) is 0 Å². The molecule has 108 valence electrons. The maximum Gasteiger partial charge on any atom is 0.229 e. The van der Waals surface area contributed by atoms with Crippen molar-refractivity contribution in [3.8, 4) is 0 Å². The van der Waals surface area contributed by atoms with E-state index in [0.29, 0.717) is 12.5 Å². The van der Waals surface area contributed by atoms with Gasteiger partial charge in [-0.1, -0.05) is 18.5 Å². The predicted molar refractivity (Wildman–Crippen MR) is 73.9 cm³/mol. The third-order valence-corrected chi connectivity index (χ3v) is 4.04. The Hall–Kier alpha value is -1.69. The molecule has 0 amide bonds. The molecule has 1 aliphatic rings. The highest BCUT2D eigenvalue weighted by molar-refractivity contribution is 4.98. The quantitative estimate of drug-likeness (QED) is 0.808. The third-order valence-electron chi connectivity index (χ3n) is 4.04. The van der Waals surface area contributed by atoms with Crippen LogP contribution in [0.25, 0.3) is 0 Å². The Morgan fingerprint density at radius 3 is 2.85 bits per heavy atom. The summed E-state index contributed by atoms with van der Waals surface area (Å²) < 4.78 is 7.40. The van der Waals surface area contributed by atoms with E-state index in [0.717, 1.165) is 30.6 Å². The van der Waals surface area contributed by atoms with Gasteiger partial charge in [0.05, 0.1) is 13.1 Å². The molecule has 2 aromatic rings. The normalized spacial score (nSPS) is 15.8. The van der Waals surface area contributed by atoms with Crippen molar-refractivity contribution in [3.63, 3.8) is 0 Å². The molecule has 1 aliphatic carbocycles. The molecule has 0 N–H and O–H groups in total. The summed E-state index contributed by atoms with van der Waals surface area (Å²) in [7, 11) is 2.01. The fourth-order valence-electron chi connectivity index (χ4n) is 2.38. The van der Waals surface area contributed by atoms with Crippen LogP contribution in [0.15, 0.2) is 16.9 Å². The Kier molecular flexibility index (Phi) is 3.82. The second-order valence-electron chi connectivity index (χ2n) is 5.43. The minimum Gasteiger partial charge on any atom is -0.339 e. The highest BCUT2D eigenvalue weighted by atomic mass is 16.5. The van der Waals surface area contributed by atoms with E-state index in [-0.39, 0.29) is 0 Å². The minimum atomic E-state index is 0.501. The molecule has 0 unspecified atom stereocenters. The van der Waals surface area contributed by atoms with E-state index in [1.807, 2.05) is 24.0 Å². The molecular formula is C14H21N5O. The fraction of sp³-hybridized carbons (Fsp3) is 0.643. The van der Waals surface area contributed by atoms with Crippen LogP contribution >= 0.6 is 0 Å². The van der Waals surface area contributed by atoms with Gasteiger partial charge in [0.15, 0.2) is 5.82 Å². The van der Waals surface area contributed by atoms with Crippen LogP contribution in [0.2, 0.25) is 0 Å². The summed E-state index contributed by atoms with van der Waals surface area (Å²) in [5, 5.41) is 4.10. The molecule has 1 saturated carbocycles. The van der Waals surface area contributed by atoms with Crippen molar-refractivity contribution in [1.82, 2.24) is 24.6 Å². The Labute approximate surface area is 118 Å². The van der Waals surface area contributed by atoms with Gasteiger partial charge in [-0.3, -0.25) is 4.90 Å². The van der Waals surface area contributed by atoms with Crippen molar-refractivity contribution in [3.05, 3.63) is 29.9 Å². The van der Waals surface area contributed by atoms with Crippen molar-refractivity contribution in [1.29, 1.82) is 0 Å². The van der Waals surface area contributed by atoms with E-state index in [1.165, 1.54) is 19.3 Å². The zero-order valence-corrected chi connectivity index (χ0v) is 12.1. The van der Waals surface area contributed by atoms with E-state index in [2.05, 4.69) is 26.9 Å². The Morgan fingerprint density at radius 2 is 2.25 bits per heavy atom. The molecule has 20 heavy (non-hydrogen) atoms. The van der Waals surface area contributed by atoms with Crippen LogP contribution in [0.4, 0.5) is 0 Å².